The summed E-state index contributed by atoms with van der Waals surface area (Å²) in [7, 11) is 0. The van der Waals surface area contributed by atoms with Crippen molar-refractivity contribution in [3.8, 4) is 0 Å². The minimum Gasteiger partial charge on any atom is -0.481 e. The van der Waals surface area contributed by atoms with Crippen LogP contribution in [0, 0.1) is 0 Å². The van der Waals surface area contributed by atoms with Crippen LogP contribution in [0.5, 0.6) is 0 Å². The van der Waals surface area contributed by atoms with Crippen LogP contribution in [0.2, 0.25) is 0 Å². The topological polar surface area (TPSA) is 49.3 Å². The van der Waals surface area contributed by atoms with E-state index in [9.17, 15) is 4.79 Å². The van der Waals surface area contributed by atoms with Crippen LogP contribution < -0.4 is 5.32 Å². The van der Waals surface area contributed by atoms with Crippen LogP contribution in [0.1, 0.15) is 18.9 Å². The van der Waals surface area contributed by atoms with Crippen molar-refractivity contribution in [2.24, 2.45) is 0 Å². The quantitative estimate of drug-likeness (QED) is 0.859. The molecule has 0 saturated heterocycles. The lowest BCUT2D eigenvalue weighted by atomic mass is 9.88. The second-order valence-electron chi connectivity index (χ2n) is 4.76. The zero-order chi connectivity index (χ0) is 13.7. The van der Waals surface area contributed by atoms with Gasteiger partial charge in [0.25, 0.3) is 0 Å². The van der Waals surface area contributed by atoms with E-state index < -0.39 is 11.5 Å². The normalized spacial score (nSPS) is 13.5. The molecular weight excluding hydrogens is 238 g/mol. The molecule has 0 aromatic heterocycles. The molecule has 98 valence electrons. The van der Waals surface area contributed by atoms with Gasteiger partial charge in [-0.1, -0.05) is 48.5 Å². The fraction of sp³-hybridized carbons (Fsp3) is 0.188. The second-order valence-corrected chi connectivity index (χ2v) is 4.76. The molecular formula is C16H17NO2. The van der Waals surface area contributed by atoms with Crippen molar-refractivity contribution in [2.75, 3.05) is 5.32 Å². The number of anilines is 1. The monoisotopic (exact) mass is 255 g/mol. The summed E-state index contributed by atoms with van der Waals surface area (Å²) < 4.78 is 0. The lowest BCUT2D eigenvalue weighted by molar-refractivity contribution is -0.138. The third kappa shape index (κ3) is 3.35. The van der Waals surface area contributed by atoms with Crippen molar-refractivity contribution >= 4 is 11.7 Å². The molecule has 2 aromatic carbocycles. The van der Waals surface area contributed by atoms with Crippen molar-refractivity contribution < 1.29 is 9.90 Å². The summed E-state index contributed by atoms with van der Waals surface area (Å²) in [5, 5.41) is 12.5. The fourth-order valence-electron chi connectivity index (χ4n) is 2.17. The number of hydrogen-bond donors (Lipinski definition) is 2. The highest BCUT2D eigenvalue weighted by Crippen LogP contribution is 2.29. The van der Waals surface area contributed by atoms with E-state index in [1.807, 2.05) is 67.6 Å². The Balaban J connectivity index is 2.32. The van der Waals surface area contributed by atoms with Gasteiger partial charge in [-0.3, -0.25) is 4.79 Å². The number of carboxylic acid groups (broad SMARTS) is 1. The number of benzene rings is 2. The Morgan fingerprint density at radius 3 is 2.11 bits per heavy atom. The molecule has 2 N–H and O–H groups in total. The van der Waals surface area contributed by atoms with Crippen LogP contribution >= 0.6 is 0 Å². The van der Waals surface area contributed by atoms with Crippen LogP contribution in [0.4, 0.5) is 5.69 Å². The van der Waals surface area contributed by atoms with Gasteiger partial charge in [0.1, 0.15) is 0 Å². The maximum absolute atomic E-state index is 11.1. The Labute approximate surface area is 112 Å². The maximum atomic E-state index is 11.1. The van der Waals surface area contributed by atoms with E-state index in [0.717, 1.165) is 11.3 Å². The van der Waals surface area contributed by atoms with Gasteiger partial charge < -0.3 is 10.4 Å². The molecule has 0 fully saturated rings. The highest BCUT2D eigenvalue weighted by atomic mass is 16.4. The first-order valence-corrected chi connectivity index (χ1v) is 6.21. The number of carboxylic acids is 1. The van der Waals surface area contributed by atoms with Crippen molar-refractivity contribution in [3.05, 3.63) is 66.2 Å². The first-order valence-electron chi connectivity index (χ1n) is 6.21. The molecule has 0 spiro atoms. The number of rotatable bonds is 5. The van der Waals surface area contributed by atoms with Crippen molar-refractivity contribution in [2.45, 2.75) is 18.9 Å². The van der Waals surface area contributed by atoms with Gasteiger partial charge in [-0.25, -0.2) is 0 Å². The summed E-state index contributed by atoms with van der Waals surface area (Å²) in [5.41, 5.74) is 1.24. The average molecular weight is 255 g/mol. The van der Waals surface area contributed by atoms with Gasteiger partial charge in [-0.15, -0.1) is 0 Å². The summed E-state index contributed by atoms with van der Waals surface area (Å²) in [6.07, 6.45) is 0.0197. The lowest BCUT2D eigenvalue weighted by Gasteiger charge is -2.31. The standard InChI is InChI=1S/C16H17NO2/c1-16(12-15(18)19,13-8-4-2-5-9-13)17-14-10-6-3-7-11-14/h2-11,17H,12H2,1H3,(H,18,19). The van der Waals surface area contributed by atoms with E-state index in [1.54, 1.807) is 0 Å². The van der Waals surface area contributed by atoms with Crippen LogP contribution in [0.15, 0.2) is 60.7 Å². The van der Waals surface area contributed by atoms with Crippen LogP contribution in [-0.2, 0) is 10.3 Å². The lowest BCUT2D eigenvalue weighted by Crippen LogP contribution is -2.34. The van der Waals surface area contributed by atoms with E-state index in [-0.39, 0.29) is 6.42 Å². The number of aliphatic carboxylic acids is 1. The molecule has 0 saturated carbocycles. The summed E-state index contributed by atoms with van der Waals surface area (Å²) >= 11 is 0. The van der Waals surface area contributed by atoms with Gasteiger partial charge in [0.05, 0.1) is 12.0 Å². The van der Waals surface area contributed by atoms with Gasteiger partial charge in [0.2, 0.25) is 0 Å². The molecule has 1 unspecified atom stereocenters. The third-order valence-corrected chi connectivity index (χ3v) is 3.11. The molecule has 19 heavy (non-hydrogen) atoms. The van der Waals surface area contributed by atoms with Crippen LogP contribution in [0.3, 0.4) is 0 Å². The Hall–Kier alpha value is -2.29. The van der Waals surface area contributed by atoms with Gasteiger partial charge >= 0.3 is 5.97 Å². The number of nitrogens with one attached hydrogen (secondary N) is 1. The number of carbonyl (C=O) groups is 1. The summed E-state index contributed by atoms with van der Waals surface area (Å²) in [4.78, 5) is 11.1. The van der Waals surface area contributed by atoms with E-state index >= 15 is 0 Å². The molecule has 0 aliphatic heterocycles. The van der Waals surface area contributed by atoms with Gasteiger partial charge in [0.15, 0.2) is 0 Å². The predicted octanol–water partition coefficient (Wildman–Crippen LogP) is 3.49. The Bertz CT molecular complexity index is 539. The molecule has 0 bridgehead atoms. The highest BCUT2D eigenvalue weighted by Gasteiger charge is 2.29. The predicted molar refractivity (Wildman–Crippen MR) is 76.1 cm³/mol. The first kappa shape index (κ1) is 13.1. The molecule has 0 amide bonds. The minimum absolute atomic E-state index is 0.0197. The maximum Gasteiger partial charge on any atom is 0.306 e. The van der Waals surface area contributed by atoms with Crippen molar-refractivity contribution in [1.82, 2.24) is 0 Å². The smallest absolute Gasteiger partial charge is 0.306 e. The van der Waals surface area contributed by atoms with Gasteiger partial charge in [-0.2, -0.15) is 0 Å². The first-order chi connectivity index (χ1) is 9.10. The summed E-state index contributed by atoms with van der Waals surface area (Å²) in [5.74, 6) is -0.824. The third-order valence-electron chi connectivity index (χ3n) is 3.11. The second kappa shape index (κ2) is 5.57. The number of hydrogen-bond acceptors (Lipinski definition) is 2. The van der Waals surface area contributed by atoms with Gasteiger partial charge in [-0.05, 0) is 24.6 Å². The Morgan fingerprint density at radius 2 is 1.58 bits per heavy atom. The van der Waals surface area contributed by atoms with Crippen molar-refractivity contribution in [3.63, 3.8) is 0 Å². The van der Waals surface area contributed by atoms with Crippen LogP contribution in [-0.4, -0.2) is 11.1 Å². The SMILES string of the molecule is CC(CC(=O)O)(Nc1ccccc1)c1ccccc1. The Kier molecular flexibility index (Phi) is 3.85. The molecule has 0 radical (unpaired) electrons. The average Bonchev–Trinajstić information content (AvgIpc) is 2.40. The van der Waals surface area contributed by atoms with Crippen molar-refractivity contribution in [1.29, 1.82) is 0 Å². The van der Waals surface area contributed by atoms with Crippen LogP contribution in [0.25, 0.3) is 0 Å². The molecule has 0 aliphatic carbocycles. The minimum atomic E-state index is -0.824. The van der Waals surface area contributed by atoms with E-state index in [4.69, 9.17) is 5.11 Å². The molecule has 3 heteroatoms. The summed E-state index contributed by atoms with van der Waals surface area (Å²) in [6, 6.07) is 19.3. The Morgan fingerprint density at radius 1 is 1.05 bits per heavy atom. The zero-order valence-electron chi connectivity index (χ0n) is 10.8. The molecule has 2 rings (SSSR count). The molecule has 0 aliphatic rings. The molecule has 1 atom stereocenters. The van der Waals surface area contributed by atoms with E-state index in [1.165, 1.54) is 0 Å². The fourth-order valence-corrected chi connectivity index (χ4v) is 2.17. The van der Waals surface area contributed by atoms with E-state index in [2.05, 4.69) is 5.32 Å². The van der Waals surface area contributed by atoms with Gasteiger partial charge in [0, 0.05) is 5.69 Å². The zero-order valence-corrected chi connectivity index (χ0v) is 10.8. The largest absolute Gasteiger partial charge is 0.481 e. The summed E-state index contributed by atoms with van der Waals surface area (Å²) in [6.45, 7) is 1.91. The molecule has 0 heterocycles. The number of para-hydroxylation sites is 1. The molecule has 2 aromatic rings. The van der Waals surface area contributed by atoms with E-state index in [0.29, 0.717) is 0 Å². The highest BCUT2D eigenvalue weighted by molar-refractivity contribution is 5.70. The molecule has 3 nitrogen and oxygen atoms in total.